The van der Waals surface area contributed by atoms with E-state index >= 15 is 0 Å². The normalized spacial score (nSPS) is 18.9. The Morgan fingerprint density at radius 1 is 1.00 bits per heavy atom. The number of benzene rings is 2. The first-order valence-corrected chi connectivity index (χ1v) is 15.7. The summed E-state index contributed by atoms with van der Waals surface area (Å²) in [6, 6.07) is 10.3. The van der Waals surface area contributed by atoms with Crippen LogP contribution in [0.1, 0.15) is 44.7 Å². The lowest BCUT2D eigenvalue weighted by molar-refractivity contribution is -0.138. The fourth-order valence-electron chi connectivity index (χ4n) is 5.15. The molecule has 8 heteroatoms. The molecule has 0 aliphatic carbocycles. The molecule has 0 spiro atoms. The smallest absolute Gasteiger partial charge is 0.229 e. The number of halogens is 1. The molecular weight excluding hydrogens is 489 g/mol. The minimum atomic E-state index is -1.34. The Hall–Kier alpha value is -2.58. The lowest BCUT2D eigenvalue weighted by Crippen LogP contribution is -2.43. The van der Waals surface area contributed by atoms with Crippen molar-refractivity contribution < 1.29 is 27.8 Å². The number of amides is 1. The van der Waals surface area contributed by atoms with Crippen LogP contribution in [-0.2, 0) is 22.2 Å². The summed E-state index contributed by atoms with van der Waals surface area (Å²) in [5.74, 6) is 1.47. The van der Waals surface area contributed by atoms with Crippen LogP contribution in [0.3, 0.4) is 0 Å². The Morgan fingerprint density at radius 3 is 2.08 bits per heavy atom. The van der Waals surface area contributed by atoms with E-state index < -0.39 is 14.5 Å². The lowest BCUT2D eigenvalue weighted by atomic mass is 9.71. The van der Waals surface area contributed by atoms with Gasteiger partial charge in [-0.2, -0.15) is 0 Å². The monoisotopic (exact) mass is 531 g/mol. The van der Waals surface area contributed by atoms with E-state index in [9.17, 15) is 9.18 Å². The van der Waals surface area contributed by atoms with Gasteiger partial charge < -0.3 is 23.5 Å². The van der Waals surface area contributed by atoms with Crippen molar-refractivity contribution in [2.24, 2.45) is 10.8 Å². The minimum Gasteiger partial charge on any atom is -0.493 e. The molecule has 1 saturated heterocycles. The van der Waals surface area contributed by atoms with Crippen LogP contribution in [0.2, 0.25) is 13.1 Å². The third kappa shape index (κ3) is 6.84. The van der Waals surface area contributed by atoms with E-state index in [-0.39, 0.29) is 23.2 Å². The maximum atomic E-state index is 14.2. The summed E-state index contributed by atoms with van der Waals surface area (Å²) < 4.78 is 36.6. The van der Waals surface area contributed by atoms with Crippen LogP contribution >= 0.6 is 0 Å². The second kappa shape index (κ2) is 11.9. The van der Waals surface area contributed by atoms with Gasteiger partial charge in [0.1, 0.15) is 5.82 Å². The number of rotatable bonds is 11. The van der Waals surface area contributed by atoms with Crippen molar-refractivity contribution in [1.29, 1.82) is 0 Å². The molecule has 1 aliphatic heterocycles. The molecule has 2 atom stereocenters. The molecule has 204 valence electrons. The van der Waals surface area contributed by atoms with E-state index in [1.165, 1.54) is 12.1 Å². The highest BCUT2D eigenvalue weighted by Crippen LogP contribution is 2.45. The fourth-order valence-corrected chi connectivity index (χ4v) is 6.31. The summed E-state index contributed by atoms with van der Waals surface area (Å²) in [5.41, 5.74) is 1.12. The van der Waals surface area contributed by atoms with E-state index in [0.717, 1.165) is 11.1 Å². The molecule has 3 rings (SSSR count). The predicted molar refractivity (Wildman–Crippen MR) is 146 cm³/mol. The fraction of sp³-hybridized carbons (Fsp3) is 0.552. The zero-order valence-corrected chi connectivity index (χ0v) is 24.7. The van der Waals surface area contributed by atoms with Gasteiger partial charge in [-0.25, -0.2) is 4.39 Å². The molecule has 2 aromatic rings. The average Bonchev–Trinajstić information content (AvgIpc) is 3.13. The first-order valence-electron chi connectivity index (χ1n) is 12.9. The van der Waals surface area contributed by atoms with Gasteiger partial charge in [-0.3, -0.25) is 4.79 Å². The second-order valence-electron chi connectivity index (χ2n) is 11.3. The quantitative estimate of drug-likeness (QED) is 0.353. The summed E-state index contributed by atoms with van der Waals surface area (Å²) in [7, 11) is 3.39. The topological polar surface area (TPSA) is 57.2 Å². The number of carbonyl (C=O) groups is 1. The maximum absolute atomic E-state index is 14.2. The molecule has 0 saturated carbocycles. The summed E-state index contributed by atoms with van der Waals surface area (Å²) in [6.45, 7) is 11.9. The van der Waals surface area contributed by atoms with E-state index in [2.05, 4.69) is 33.9 Å². The van der Waals surface area contributed by atoms with Crippen molar-refractivity contribution in [1.82, 2.24) is 4.90 Å². The SMILES string of the molecule is COc1cc(CN2CCC(Cc3ccc(F)cc3)(CC(O[SiH](C)C)C(C)(C)C)C2=O)cc(OC)c1OC. The molecule has 6 nitrogen and oxygen atoms in total. The van der Waals surface area contributed by atoms with E-state index in [1.807, 2.05) is 17.0 Å². The number of hydrogen-bond acceptors (Lipinski definition) is 5. The molecule has 1 heterocycles. The van der Waals surface area contributed by atoms with Crippen LogP contribution in [0.25, 0.3) is 0 Å². The number of nitrogens with zero attached hydrogens (tertiary/aromatic N) is 1. The molecule has 0 aromatic heterocycles. The number of carbonyl (C=O) groups excluding carboxylic acids is 1. The Bertz CT molecular complexity index is 1040. The molecule has 0 bridgehead atoms. The van der Waals surface area contributed by atoms with E-state index in [1.54, 1.807) is 33.5 Å². The van der Waals surface area contributed by atoms with Gasteiger partial charge in [0.05, 0.1) is 32.8 Å². The number of likely N-dealkylation sites (tertiary alicyclic amines) is 1. The van der Waals surface area contributed by atoms with Crippen molar-refractivity contribution in [3.05, 3.63) is 53.3 Å². The highest BCUT2D eigenvalue weighted by atomic mass is 28.3. The second-order valence-corrected chi connectivity index (χ2v) is 13.7. The van der Waals surface area contributed by atoms with Gasteiger partial charge in [-0.05, 0) is 73.2 Å². The van der Waals surface area contributed by atoms with Crippen molar-refractivity contribution in [3.8, 4) is 17.2 Å². The van der Waals surface area contributed by atoms with Crippen molar-refractivity contribution in [2.45, 2.75) is 65.8 Å². The average molecular weight is 532 g/mol. The third-order valence-corrected chi connectivity index (χ3v) is 8.01. The Morgan fingerprint density at radius 2 is 1.59 bits per heavy atom. The van der Waals surface area contributed by atoms with Gasteiger partial charge in [0.2, 0.25) is 11.7 Å². The van der Waals surface area contributed by atoms with Crippen molar-refractivity contribution in [3.63, 3.8) is 0 Å². The van der Waals surface area contributed by atoms with E-state index in [0.29, 0.717) is 49.6 Å². The zero-order valence-electron chi connectivity index (χ0n) is 23.5. The maximum Gasteiger partial charge on any atom is 0.229 e. The van der Waals surface area contributed by atoms with Gasteiger partial charge in [-0.1, -0.05) is 32.9 Å². The molecule has 1 amide bonds. The minimum absolute atomic E-state index is 0.0512. The molecule has 0 N–H and O–H groups in total. The molecule has 1 fully saturated rings. The van der Waals surface area contributed by atoms with Gasteiger partial charge in [0.15, 0.2) is 20.5 Å². The first kappa shape index (κ1) is 29.0. The largest absolute Gasteiger partial charge is 0.493 e. The number of methoxy groups -OCH3 is 3. The molecule has 2 aromatic carbocycles. The predicted octanol–water partition coefficient (Wildman–Crippen LogP) is 5.62. The van der Waals surface area contributed by atoms with Crippen LogP contribution in [0.4, 0.5) is 4.39 Å². The van der Waals surface area contributed by atoms with Gasteiger partial charge in [-0.15, -0.1) is 0 Å². The lowest BCUT2D eigenvalue weighted by Gasteiger charge is -2.39. The van der Waals surface area contributed by atoms with E-state index in [4.69, 9.17) is 18.6 Å². The standard InChI is InChI=1S/C29H42FNO5Si/c1-28(2,3)25(36-37(7)8)18-29(17-20-9-11-22(30)12-10-20)13-14-31(27(29)32)19-21-15-23(33-4)26(35-6)24(16-21)34-5/h9-12,15-16,25,37H,13-14,17-19H2,1-8H3. The third-order valence-electron chi connectivity index (χ3n) is 7.13. The molecule has 0 radical (unpaired) electrons. The molecular formula is C29H42FNO5Si. The summed E-state index contributed by atoms with van der Waals surface area (Å²) >= 11 is 0. The molecule has 1 aliphatic rings. The van der Waals surface area contributed by atoms with Crippen LogP contribution < -0.4 is 14.2 Å². The van der Waals surface area contributed by atoms with Gasteiger partial charge >= 0.3 is 0 Å². The Balaban J connectivity index is 1.95. The van der Waals surface area contributed by atoms with Crippen LogP contribution in [0.15, 0.2) is 36.4 Å². The zero-order chi connectivity index (χ0) is 27.4. The van der Waals surface area contributed by atoms with Gasteiger partial charge in [0.25, 0.3) is 0 Å². The van der Waals surface area contributed by atoms with Crippen LogP contribution in [0, 0.1) is 16.6 Å². The molecule has 37 heavy (non-hydrogen) atoms. The summed E-state index contributed by atoms with van der Waals surface area (Å²) in [5, 5.41) is 0. The highest BCUT2D eigenvalue weighted by molar-refractivity contribution is 6.48. The molecule has 2 unspecified atom stereocenters. The summed E-state index contributed by atoms with van der Waals surface area (Å²) in [6.07, 6.45) is 1.84. The van der Waals surface area contributed by atoms with Crippen LogP contribution in [-0.4, -0.2) is 53.8 Å². The van der Waals surface area contributed by atoms with Crippen molar-refractivity contribution >= 4 is 14.9 Å². The Labute approximate surface area is 222 Å². The number of hydrogen-bond donors (Lipinski definition) is 0. The summed E-state index contributed by atoms with van der Waals surface area (Å²) in [4.78, 5) is 16.1. The van der Waals surface area contributed by atoms with Crippen molar-refractivity contribution in [2.75, 3.05) is 27.9 Å². The van der Waals surface area contributed by atoms with Crippen LogP contribution in [0.5, 0.6) is 17.2 Å². The number of ether oxygens (including phenoxy) is 3. The highest BCUT2D eigenvalue weighted by Gasteiger charge is 2.49. The first-order chi connectivity index (χ1) is 17.4. The van der Waals surface area contributed by atoms with Gasteiger partial charge in [0, 0.05) is 13.1 Å². The Kier molecular flexibility index (Phi) is 9.29.